The number of hydrogen-bond acceptors (Lipinski definition) is 4. The van der Waals surface area contributed by atoms with E-state index < -0.39 is 11.9 Å². The summed E-state index contributed by atoms with van der Waals surface area (Å²) in [7, 11) is 0. The third-order valence-corrected chi connectivity index (χ3v) is 2.08. The summed E-state index contributed by atoms with van der Waals surface area (Å²) in [5, 5.41) is 1.89. The van der Waals surface area contributed by atoms with Crippen molar-refractivity contribution in [2.24, 2.45) is 11.5 Å². The maximum Gasteiger partial charge on any atom is 0.318 e. The Balaban J connectivity index is 2.46. The second kappa shape index (κ2) is 6.55. The number of urea groups is 1. The van der Waals surface area contributed by atoms with Crippen LogP contribution < -0.4 is 21.5 Å². The van der Waals surface area contributed by atoms with Crippen LogP contribution in [0.3, 0.4) is 0 Å². The number of hydrogen-bond donors (Lipinski definition) is 3. The SMILES string of the molecule is NC(=O)NC(=O)COc1ccc(CC(N)=S)cc1. The van der Waals surface area contributed by atoms with Crippen LogP contribution in [-0.2, 0) is 11.2 Å². The van der Waals surface area contributed by atoms with E-state index in [0.29, 0.717) is 17.2 Å². The molecule has 0 aliphatic rings. The molecule has 6 nitrogen and oxygen atoms in total. The lowest BCUT2D eigenvalue weighted by atomic mass is 10.1. The molecule has 0 atom stereocenters. The Labute approximate surface area is 109 Å². The topological polar surface area (TPSA) is 107 Å². The zero-order valence-corrected chi connectivity index (χ0v) is 10.3. The normalized spacial score (nSPS) is 9.56. The highest BCUT2D eigenvalue weighted by atomic mass is 32.1. The highest BCUT2D eigenvalue weighted by Gasteiger charge is 2.05. The van der Waals surface area contributed by atoms with Gasteiger partial charge in [0.2, 0.25) is 0 Å². The van der Waals surface area contributed by atoms with Crippen LogP contribution in [0.15, 0.2) is 24.3 Å². The second-order valence-corrected chi connectivity index (χ2v) is 4.01. The summed E-state index contributed by atoms with van der Waals surface area (Å²) in [6.45, 7) is -0.280. The molecule has 0 heterocycles. The van der Waals surface area contributed by atoms with E-state index in [0.717, 1.165) is 5.56 Å². The van der Waals surface area contributed by atoms with Gasteiger partial charge in [0.05, 0.1) is 4.99 Å². The predicted octanol–water partition coefficient (Wildman–Crippen LogP) is 0.0889. The molecular weight excluding hydrogens is 254 g/mol. The molecule has 18 heavy (non-hydrogen) atoms. The molecule has 0 aromatic heterocycles. The summed E-state index contributed by atoms with van der Waals surface area (Å²) in [5.74, 6) is -0.101. The minimum atomic E-state index is -0.907. The Morgan fingerprint density at radius 1 is 1.22 bits per heavy atom. The van der Waals surface area contributed by atoms with Gasteiger partial charge in [-0.2, -0.15) is 0 Å². The maximum atomic E-state index is 11.1. The number of nitrogens with two attached hydrogens (primary N) is 2. The van der Waals surface area contributed by atoms with E-state index in [4.69, 9.17) is 28.4 Å². The third kappa shape index (κ3) is 5.26. The molecule has 3 amide bonds. The molecular formula is C11H13N3O3S. The van der Waals surface area contributed by atoms with Gasteiger partial charge in [0.15, 0.2) is 6.61 Å². The van der Waals surface area contributed by atoms with Crippen LogP contribution in [0.2, 0.25) is 0 Å². The summed E-state index contributed by atoms with van der Waals surface area (Å²) in [6, 6.07) is 6.05. The zero-order chi connectivity index (χ0) is 13.5. The first-order valence-electron chi connectivity index (χ1n) is 5.06. The van der Waals surface area contributed by atoms with E-state index in [2.05, 4.69) is 0 Å². The predicted molar refractivity (Wildman–Crippen MR) is 70.2 cm³/mol. The Kier molecular flexibility index (Phi) is 5.06. The van der Waals surface area contributed by atoms with Crippen LogP contribution in [0, 0.1) is 0 Å². The molecule has 5 N–H and O–H groups in total. The number of carbonyl (C=O) groups excluding carboxylic acids is 2. The number of carbonyl (C=O) groups is 2. The van der Waals surface area contributed by atoms with Gasteiger partial charge in [-0.1, -0.05) is 24.4 Å². The third-order valence-electron chi connectivity index (χ3n) is 1.93. The molecule has 0 aliphatic heterocycles. The average molecular weight is 267 g/mol. The van der Waals surface area contributed by atoms with E-state index in [1.165, 1.54) is 0 Å². The average Bonchev–Trinajstić information content (AvgIpc) is 2.26. The highest BCUT2D eigenvalue weighted by molar-refractivity contribution is 7.80. The van der Waals surface area contributed by atoms with Crippen LogP contribution >= 0.6 is 12.2 Å². The van der Waals surface area contributed by atoms with Crippen LogP contribution in [0.5, 0.6) is 5.75 Å². The van der Waals surface area contributed by atoms with E-state index >= 15 is 0 Å². The van der Waals surface area contributed by atoms with Gasteiger partial charge in [-0.05, 0) is 17.7 Å². The monoisotopic (exact) mass is 267 g/mol. The number of imide groups is 1. The lowest BCUT2D eigenvalue weighted by Gasteiger charge is -2.06. The summed E-state index contributed by atoms with van der Waals surface area (Å²) in [4.78, 5) is 21.9. The number of thiocarbonyl (C=S) groups is 1. The molecule has 96 valence electrons. The Morgan fingerprint density at radius 2 is 1.83 bits per heavy atom. The van der Waals surface area contributed by atoms with Gasteiger partial charge in [-0.3, -0.25) is 10.1 Å². The molecule has 1 aromatic rings. The van der Waals surface area contributed by atoms with Gasteiger partial charge in [0, 0.05) is 6.42 Å². The summed E-state index contributed by atoms with van der Waals surface area (Å²) < 4.78 is 5.14. The van der Waals surface area contributed by atoms with Crippen LogP contribution in [0.4, 0.5) is 4.79 Å². The van der Waals surface area contributed by atoms with Crippen LogP contribution in [-0.4, -0.2) is 23.5 Å². The van der Waals surface area contributed by atoms with Gasteiger partial charge in [-0.15, -0.1) is 0 Å². The fourth-order valence-electron chi connectivity index (χ4n) is 1.23. The summed E-state index contributed by atoms with van der Waals surface area (Å²) in [5.41, 5.74) is 11.1. The van der Waals surface area contributed by atoms with Gasteiger partial charge >= 0.3 is 6.03 Å². The Bertz CT molecular complexity index is 459. The van der Waals surface area contributed by atoms with E-state index in [-0.39, 0.29) is 6.61 Å². The molecule has 0 spiro atoms. The maximum absolute atomic E-state index is 11.1. The molecule has 7 heteroatoms. The number of rotatable bonds is 5. The molecule has 0 saturated carbocycles. The van der Waals surface area contributed by atoms with E-state index in [1.54, 1.807) is 24.3 Å². The second-order valence-electron chi connectivity index (χ2n) is 3.49. The van der Waals surface area contributed by atoms with Gasteiger partial charge < -0.3 is 16.2 Å². The first-order valence-corrected chi connectivity index (χ1v) is 5.47. The molecule has 0 fully saturated rings. The number of ether oxygens (including phenoxy) is 1. The van der Waals surface area contributed by atoms with Crippen LogP contribution in [0.1, 0.15) is 5.56 Å². The fourth-order valence-corrected chi connectivity index (χ4v) is 1.39. The largest absolute Gasteiger partial charge is 0.484 e. The number of nitrogens with one attached hydrogen (secondary N) is 1. The number of benzene rings is 1. The molecule has 1 rings (SSSR count). The molecule has 0 bridgehead atoms. The van der Waals surface area contributed by atoms with Crippen molar-refractivity contribution in [2.75, 3.05) is 6.61 Å². The first-order chi connectivity index (χ1) is 8.47. The van der Waals surface area contributed by atoms with Crippen molar-refractivity contribution in [3.8, 4) is 5.75 Å². The van der Waals surface area contributed by atoms with Crippen molar-refractivity contribution in [1.29, 1.82) is 0 Å². The van der Waals surface area contributed by atoms with Crippen molar-refractivity contribution in [3.63, 3.8) is 0 Å². The van der Waals surface area contributed by atoms with Gasteiger partial charge in [-0.25, -0.2) is 4.79 Å². The van der Waals surface area contributed by atoms with E-state index in [1.807, 2.05) is 5.32 Å². The highest BCUT2D eigenvalue weighted by Crippen LogP contribution is 2.12. The number of primary amides is 1. The molecule has 0 saturated heterocycles. The molecule has 1 aromatic carbocycles. The van der Waals surface area contributed by atoms with Crippen molar-refractivity contribution in [1.82, 2.24) is 5.32 Å². The van der Waals surface area contributed by atoms with E-state index in [9.17, 15) is 9.59 Å². The minimum Gasteiger partial charge on any atom is -0.484 e. The lowest BCUT2D eigenvalue weighted by molar-refractivity contribution is -0.121. The molecule has 0 unspecified atom stereocenters. The van der Waals surface area contributed by atoms with Gasteiger partial charge in [0.1, 0.15) is 5.75 Å². The smallest absolute Gasteiger partial charge is 0.318 e. The molecule has 0 radical (unpaired) electrons. The lowest BCUT2D eigenvalue weighted by Crippen LogP contribution is -2.38. The summed E-state index contributed by atoms with van der Waals surface area (Å²) in [6.07, 6.45) is 0.512. The zero-order valence-electron chi connectivity index (χ0n) is 9.51. The number of amides is 3. The fraction of sp³-hybridized carbons (Fsp3) is 0.182. The van der Waals surface area contributed by atoms with Gasteiger partial charge in [0.25, 0.3) is 5.91 Å². The first kappa shape index (κ1) is 13.9. The minimum absolute atomic E-state index is 0.280. The quantitative estimate of drug-likeness (QED) is 0.655. The standard InChI is InChI=1S/C11H13N3O3S/c12-9(18)5-7-1-3-8(4-2-7)17-6-10(15)14-11(13)16/h1-4H,5-6H2,(H2,12,18)(H3,13,14,15,16). The van der Waals surface area contributed by atoms with Crippen molar-refractivity contribution < 1.29 is 14.3 Å². The van der Waals surface area contributed by atoms with Crippen molar-refractivity contribution in [2.45, 2.75) is 6.42 Å². The Hall–Kier alpha value is -2.15. The van der Waals surface area contributed by atoms with Crippen molar-refractivity contribution >= 4 is 29.1 Å². The Morgan fingerprint density at radius 3 is 2.33 bits per heavy atom. The van der Waals surface area contributed by atoms with Crippen molar-refractivity contribution in [3.05, 3.63) is 29.8 Å². The van der Waals surface area contributed by atoms with Crippen LogP contribution in [0.25, 0.3) is 0 Å². The molecule has 0 aliphatic carbocycles. The summed E-state index contributed by atoms with van der Waals surface area (Å²) >= 11 is 4.79.